The molecule has 0 bridgehead atoms. The first-order valence-electron chi connectivity index (χ1n) is 7.48. The zero-order valence-electron chi connectivity index (χ0n) is 12.4. The summed E-state index contributed by atoms with van der Waals surface area (Å²) in [7, 11) is 0. The first-order valence-corrected chi connectivity index (χ1v) is 7.48. The maximum atomic E-state index is 11.6. The van der Waals surface area contributed by atoms with Gasteiger partial charge in [-0.3, -0.25) is 0 Å². The summed E-state index contributed by atoms with van der Waals surface area (Å²) < 4.78 is 2.10. The molecule has 0 atom stereocenters. The zero-order chi connectivity index (χ0) is 15.6. The summed E-state index contributed by atoms with van der Waals surface area (Å²) in [6, 6.07) is 27.8. The number of nitroso groups, excluding NO2 is 1. The van der Waals surface area contributed by atoms with E-state index in [0.717, 1.165) is 27.8 Å². The largest absolute Gasteiger partial charge is 0.307 e. The molecule has 1 aromatic heterocycles. The van der Waals surface area contributed by atoms with Crippen molar-refractivity contribution < 1.29 is 0 Å². The van der Waals surface area contributed by atoms with Gasteiger partial charge >= 0.3 is 0 Å². The molecule has 1 heterocycles. The lowest BCUT2D eigenvalue weighted by atomic mass is 10.1. The molecule has 0 aliphatic carbocycles. The number of nitrogens with zero attached hydrogens (tertiary/aromatic N) is 2. The van der Waals surface area contributed by atoms with E-state index < -0.39 is 0 Å². The first kappa shape index (κ1) is 13.5. The standard InChI is InChI=1S/C20H14N2O/c23-21-19-17-13-7-8-14-18(17)22(16-11-5-2-6-12-16)20(19)15-9-3-1-4-10-15/h1-14H. The maximum absolute atomic E-state index is 11.6. The van der Waals surface area contributed by atoms with E-state index in [1.807, 2.05) is 84.9 Å². The molecule has 0 unspecified atom stereocenters. The Morgan fingerprint density at radius 3 is 2.00 bits per heavy atom. The average molecular weight is 298 g/mol. The molecule has 0 saturated heterocycles. The molecule has 0 saturated carbocycles. The highest BCUT2D eigenvalue weighted by Crippen LogP contribution is 2.41. The second-order valence-corrected chi connectivity index (χ2v) is 5.34. The van der Waals surface area contributed by atoms with Crippen molar-refractivity contribution in [2.24, 2.45) is 5.18 Å². The monoisotopic (exact) mass is 298 g/mol. The summed E-state index contributed by atoms with van der Waals surface area (Å²) >= 11 is 0. The van der Waals surface area contributed by atoms with Crippen molar-refractivity contribution >= 4 is 16.6 Å². The van der Waals surface area contributed by atoms with Crippen molar-refractivity contribution in [2.75, 3.05) is 0 Å². The molecule has 0 fully saturated rings. The molecular formula is C20H14N2O. The van der Waals surface area contributed by atoms with E-state index in [1.165, 1.54) is 0 Å². The fourth-order valence-electron chi connectivity index (χ4n) is 3.02. The molecule has 110 valence electrons. The Balaban J connectivity index is 2.17. The van der Waals surface area contributed by atoms with Gasteiger partial charge in [-0.05, 0) is 23.4 Å². The van der Waals surface area contributed by atoms with E-state index >= 15 is 0 Å². The maximum Gasteiger partial charge on any atom is 0.141 e. The minimum Gasteiger partial charge on any atom is -0.307 e. The van der Waals surface area contributed by atoms with Crippen molar-refractivity contribution in [3.8, 4) is 16.9 Å². The van der Waals surface area contributed by atoms with Crippen LogP contribution in [0.25, 0.3) is 27.8 Å². The fourth-order valence-corrected chi connectivity index (χ4v) is 3.02. The van der Waals surface area contributed by atoms with Crippen LogP contribution in [0.5, 0.6) is 0 Å². The second kappa shape index (κ2) is 5.54. The number of benzene rings is 3. The lowest BCUT2D eigenvalue weighted by molar-refractivity contribution is 1.13. The van der Waals surface area contributed by atoms with Gasteiger partial charge in [0.05, 0.1) is 11.2 Å². The van der Waals surface area contributed by atoms with E-state index in [0.29, 0.717) is 5.69 Å². The van der Waals surface area contributed by atoms with Crippen LogP contribution in [0, 0.1) is 4.91 Å². The van der Waals surface area contributed by atoms with E-state index in [2.05, 4.69) is 9.74 Å². The Bertz CT molecular complexity index is 973. The van der Waals surface area contributed by atoms with Crippen molar-refractivity contribution in [3.63, 3.8) is 0 Å². The molecule has 0 aliphatic heterocycles. The normalized spacial score (nSPS) is 10.8. The number of para-hydroxylation sites is 2. The zero-order valence-corrected chi connectivity index (χ0v) is 12.4. The minimum atomic E-state index is 0.482. The minimum absolute atomic E-state index is 0.482. The molecule has 0 aliphatic rings. The number of fused-ring (bicyclic) bond motifs is 1. The number of aromatic nitrogens is 1. The summed E-state index contributed by atoms with van der Waals surface area (Å²) in [5.74, 6) is 0. The summed E-state index contributed by atoms with van der Waals surface area (Å²) in [4.78, 5) is 11.6. The number of hydrogen-bond acceptors (Lipinski definition) is 2. The van der Waals surface area contributed by atoms with Crippen molar-refractivity contribution in [1.82, 2.24) is 4.57 Å². The molecule has 3 heteroatoms. The Morgan fingerprint density at radius 1 is 0.696 bits per heavy atom. The Kier molecular flexibility index (Phi) is 3.24. The SMILES string of the molecule is O=Nc1c(-c2ccccc2)n(-c2ccccc2)c2ccccc12. The van der Waals surface area contributed by atoms with Gasteiger partial charge in [-0.15, -0.1) is 4.91 Å². The summed E-state index contributed by atoms with van der Waals surface area (Å²) in [6.45, 7) is 0. The van der Waals surface area contributed by atoms with Gasteiger partial charge in [-0.1, -0.05) is 66.7 Å². The Labute approximate surface area is 133 Å². The molecule has 0 radical (unpaired) electrons. The molecule has 4 rings (SSSR count). The van der Waals surface area contributed by atoms with Gasteiger partial charge in [0, 0.05) is 16.6 Å². The predicted octanol–water partition coefficient (Wildman–Crippen LogP) is 5.70. The van der Waals surface area contributed by atoms with Crippen LogP contribution in [0.4, 0.5) is 5.69 Å². The van der Waals surface area contributed by atoms with Gasteiger partial charge in [0.25, 0.3) is 0 Å². The first-order chi connectivity index (χ1) is 11.4. The summed E-state index contributed by atoms with van der Waals surface area (Å²) in [6.07, 6.45) is 0. The molecule has 4 aromatic rings. The molecule has 3 nitrogen and oxygen atoms in total. The van der Waals surface area contributed by atoms with Crippen LogP contribution in [0.3, 0.4) is 0 Å². The number of hydrogen-bond donors (Lipinski definition) is 0. The van der Waals surface area contributed by atoms with Crippen LogP contribution in [0.1, 0.15) is 0 Å². The number of rotatable bonds is 3. The van der Waals surface area contributed by atoms with Crippen LogP contribution in [0.15, 0.2) is 90.1 Å². The highest BCUT2D eigenvalue weighted by Gasteiger charge is 2.19. The van der Waals surface area contributed by atoms with E-state index in [1.54, 1.807) is 0 Å². The topological polar surface area (TPSA) is 34.4 Å². The lowest BCUT2D eigenvalue weighted by Crippen LogP contribution is -1.96. The van der Waals surface area contributed by atoms with Gasteiger partial charge < -0.3 is 4.57 Å². The van der Waals surface area contributed by atoms with Crippen LogP contribution in [-0.2, 0) is 0 Å². The molecule has 23 heavy (non-hydrogen) atoms. The van der Waals surface area contributed by atoms with Gasteiger partial charge in [0.2, 0.25) is 0 Å². The summed E-state index contributed by atoms with van der Waals surface area (Å²) in [5.41, 5.74) is 4.27. The fraction of sp³-hybridized carbons (Fsp3) is 0. The molecule has 0 spiro atoms. The lowest BCUT2D eigenvalue weighted by Gasteiger charge is -2.11. The smallest absolute Gasteiger partial charge is 0.141 e. The Hall–Kier alpha value is -3.20. The quantitative estimate of drug-likeness (QED) is 0.447. The molecule has 0 N–H and O–H groups in total. The van der Waals surface area contributed by atoms with Crippen LogP contribution in [0.2, 0.25) is 0 Å². The van der Waals surface area contributed by atoms with Gasteiger partial charge in [-0.25, -0.2) is 0 Å². The summed E-state index contributed by atoms with van der Waals surface area (Å²) in [5, 5.41) is 4.22. The average Bonchev–Trinajstić information content (AvgIpc) is 2.97. The van der Waals surface area contributed by atoms with E-state index in [-0.39, 0.29) is 0 Å². The van der Waals surface area contributed by atoms with Crippen molar-refractivity contribution in [2.45, 2.75) is 0 Å². The second-order valence-electron chi connectivity index (χ2n) is 5.34. The van der Waals surface area contributed by atoms with Gasteiger partial charge in [-0.2, -0.15) is 0 Å². The third kappa shape index (κ3) is 2.14. The predicted molar refractivity (Wildman–Crippen MR) is 94.2 cm³/mol. The third-order valence-corrected chi connectivity index (χ3v) is 4.00. The van der Waals surface area contributed by atoms with Gasteiger partial charge in [0.1, 0.15) is 5.69 Å². The third-order valence-electron chi connectivity index (χ3n) is 4.00. The molecular weight excluding hydrogens is 284 g/mol. The van der Waals surface area contributed by atoms with Crippen molar-refractivity contribution in [1.29, 1.82) is 0 Å². The van der Waals surface area contributed by atoms with Gasteiger partial charge in [0.15, 0.2) is 0 Å². The highest BCUT2D eigenvalue weighted by molar-refractivity contribution is 6.01. The molecule has 3 aromatic carbocycles. The Morgan fingerprint density at radius 2 is 1.30 bits per heavy atom. The van der Waals surface area contributed by atoms with Crippen LogP contribution < -0.4 is 0 Å². The van der Waals surface area contributed by atoms with Crippen LogP contribution in [-0.4, -0.2) is 4.57 Å². The van der Waals surface area contributed by atoms with E-state index in [9.17, 15) is 4.91 Å². The van der Waals surface area contributed by atoms with E-state index in [4.69, 9.17) is 0 Å². The van der Waals surface area contributed by atoms with Crippen molar-refractivity contribution in [3.05, 3.63) is 89.8 Å². The molecule has 0 amide bonds. The highest BCUT2D eigenvalue weighted by atomic mass is 16.3. The van der Waals surface area contributed by atoms with Crippen LogP contribution >= 0.6 is 0 Å².